The molecule has 5 atom stereocenters. The summed E-state index contributed by atoms with van der Waals surface area (Å²) in [6.45, 7) is 12.1. The van der Waals surface area contributed by atoms with E-state index in [0.717, 1.165) is 0 Å². The Balaban J connectivity index is 1.74. The Hall–Kier alpha value is -0.500. The molecule has 0 saturated carbocycles. The fourth-order valence-corrected chi connectivity index (χ4v) is 3.07. The van der Waals surface area contributed by atoms with E-state index in [1.807, 2.05) is 27.7 Å². The van der Waals surface area contributed by atoms with Crippen molar-refractivity contribution in [2.45, 2.75) is 70.0 Å². The Morgan fingerprint density at radius 1 is 1.05 bits per heavy atom. The smallest absolute Gasteiger partial charge is 0.187 e. The summed E-state index contributed by atoms with van der Waals surface area (Å²) >= 11 is 0. The van der Waals surface area contributed by atoms with Gasteiger partial charge in [-0.2, -0.15) is 0 Å². The van der Waals surface area contributed by atoms with Crippen molar-refractivity contribution in [3.05, 3.63) is 12.7 Å². The molecule has 0 amide bonds. The van der Waals surface area contributed by atoms with Crippen LogP contribution < -0.4 is 0 Å². The Kier molecular flexibility index (Phi) is 3.88. The van der Waals surface area contributed by atoms with Crippen LogP contribution in [0.2, 0.25) is 0 Å². The van der Waals surface area contributed by atoms with E-state index >= 15 is 0 Å². The molecule has 3 saturated heterocycles. The molecule has 0 bridgehead atoms. The minimum Gasteiger partial charge on any atom is -0.348 e. The molecule has 0 N–H and O–H groups in total. The van der Waals surface area contributed by atoms with Crippen LogP contribution in [0.1, 0.15) is 27.7 Å². The third-order valence-electron chi connectivity index (χ3n) is 3.82. The van der Waals surface area contributed by atoms with Gasteiger partial charge in [0.25, 0.3) is 0 Å². The fourth-order valence-electron chi connectivity index (χ4n) is 3.07. The van der Waals surface area contributed by atoms with E-state index in [9.17, 15) is 0 Å². The standard InChI is InChI=1S/C15H24O6/c1-6-7-16-13-12-11(20-15(4,5)21-12)10(18-13)9-8-17-14(2,3)19-9/h6,9-13H,1,7-8H2,2-5H3/t9-,10-,11+,12+,13+/m1/s1. The second-order valence-electron chi connectivity index (χ2n) is 6.52. The lowest BCUT2D eigenvalue weighted by molar-refractivity contribution is -0.245. The van der Waals surface area contributed by atoms with E-state index in [0.29, 0.717) is 13.2 Å². The van der Waals surface area contributed by atoms with Crippen LogP contribution in [0.15, 0.2) is 12.7 Å². The minimum absolute atomic E-state index is 0.192. The van der Waals surface area contributed by atoms with Crippen LogP contribution >= 0.6 is 0 Å². The molecule has 6 heteroatoms. The zero-order valence-corrected chi connectivity index (χ0v) is 13.0. The molecule has 0 aromatic heterocycles. The maximum Gasteiger partial charge on any atom is 0.187 e. The average Bonchev–Trinajstić information content (AvgIpc) is 2.98. The quantitative estimate of drug-likeness (QED) is 0.735. The topological polar surface area (TPSA) is 55.4 Å². The number of rotatable bonds is 4. The summed E-state index contributed by atoms with van der Waals surface area (Å²) in [6.07, 6.45) is 0.252. The molecule has 3 aliphatic rings. The molecule has 120 valence electrons. The van der Waals surface area contributed by atoms with Gasteiger partial charge in [-0.05, 0) is 27.7 Å². The number of ether oxygens (including phenoxy) is 6. The van der Waals surface area contributed by atoms with Gasteiger partial charge in [0.15, 0.2) is 17.9 Å². The predicted octanol–water partition coefficient (Wildman–Crippen LogP) is 1.59. The van der Waals surface area contributed by atoms with Crippen molar-refractivity contribution < 1.29 is 28.4 Å². The molecular formula is C15H24O6. The zero-order valence-electron chi connectivity index (χ0n) is 13.0. The molecule has 0 spiro atoms. The Labute approximate surface area is 125 Å². The van der Waals surface area contributed by atoms with Gasteiger partial charge >= 0.3 is 0 Å². The highest BCUT2D eigenvalue weighted by Crippen LogP contribution is 2.42. The first-order valence-electron chi connectivity index (χ1n) is 7.37. The summed E-state index contributed by atoms with van der Waals surface area (Å²) in [4.78, 5) is 0. The summed E-state index contributed by atoms with van der Waals surface area (Å²) in [5.41, 5.74) is 0. The molecule has 3 fully saturated rings. The largest absolute Gasteiger partial charge is 0.348 e. The molecular weight excluding hydrogens is 276 g/mol. The maximum atomic E-state index is 5.99. The molecule has 3 rings (SSSR count). The Bertz CT molecular complexity index is 407. The number of fused-ring (bicyclic) bond motifs is 1. The second-order valence-corrected chi connectivity index (χ2v) is 6.52. The Morgan fingerprint density at radius 3 is 2.38 bits per heavy atom. The van der Waals surface area contributed by atoms with Crippen LogP contribution in [0, 0.1) is 0 Å². The lowest BCUT2D eigenvalue weighted by Crippen LogP contribution is -2.40. The third kappa shape index (κ3) is 3.02. The van der Waals surface area contributed by atoms with E-state index in [1.165, 1.54) is 0 Å². The van der Waals surface area contributed by atoms with Crippen molar-refractivity contribution in [2.75, 3.05) is 13.2 Å². The monoisotopic (exact) mass is 300 g/mol. The van der Waals surface area contributed by atoms with Crippen molar-refractivity contribution in [1.82, 2.24) is 0 Å². The Morgan fingerprint density at radius 2 is 1.76 bits per heavy atom. The van der Waals surface area contributed by atoms with Crippen molar-refractivity contribution >= 4 is 0 Å². The average molecular weight is 300 g/mol. The lowest BCUT2D eigenvalue weighted by Gasteiger charge is -2.26. The first kappa shape index (κ1) is 15.4. The van der Waals surface area contributed by atoms with E-state index in [4.69, 9.17) is 28.4 Å². The van der Waals surface area contributed by atoms with Crippen molar-refractivity contribution in [1.29, 1.82) is 0 Å². The maximum absolute atomic E-state index is 5.99. The summed E-state index contributed by atoms with van der Waals surface area (Å²) in [7, 11) is 0. The van der Waals surface area contributed by atoms with Gasteiger partial charge in [-0.25, -0.2) is 0 Å². The zero-order chi connectivity index (χ0) is 15.3. The van der Waals surface area contributed by atoms with Crippen LogP contribution in [-0.2, 0) is 28.4 Å². The molecule has 3 heterocycles. The molecule has 0 aromatic rings. The van der Waals surface area contributed by atoms with Gasteiger partial charge in [0, 0.05) is 0 Å². The van der Waals surface area contributed by atoms with Gasteiger partial charge in [-0.1, -0.05) is 6.08 Å². The van der Waals surface area contributed by atoms with Crippen LogP contribution in [0.3, 0.4) is 0 Å². The van der Waals surface area contributed by atoms with Crippen LogP contribution in [0.25, 0.3) is 0 Å². The summed E-state index contributed by atoms with van der Waals surface area (Å²) in [5, 5.41) is 0. The van der Waals surface area contributed by atoms with Crippen LogP contribution in [0.4, 0.5) is 0 Å². The number of hydrogen-bond acceptors (Lipinski definition) is 6. The predicted molar refractivity (Wildman–Crippen MR) is 73.5 cm³/mol. The minimum atomic E-state index is -0.651. The molecule has 0 aromatic carbocycles. The fraction of sp³-hybridized carbons (Fsp3) is 0.867. The van der Waals surface area contributed by atoms with Gasteiger partial charge in [0.2, 0.25) is 0 Å². The second kappa shape index (κ2) is 5.30. The first-order chi connectivity index (χ1) is 9.81. The molecule has 0 unspecified atom stereocenters. The van der Waals surface area contributed by atoms with Crippen LogP contribution in [-0.4, -0.2) is 55.5 Å². The highest BCUT2D eigenvalue weighted by molar-refractivity contribution is 4.99. The van der Waals surface area contributed by atoms with Gasteiger partial charge in [0.1, 0.15) is 24.4 Å². The summed E-state index contributed by atoms with van der Waals surface area (Å²) in [5.74, 6) is -1.25. The first-order valence-corrected chi connectivity index (χ1v) is 7.37. The molecule has 21 heavy (non-hydrogen) atoms. The highest BCUT2D eigenvalue weighted by Gasteiger charge is 2.59. The van der Waals surface area contributed by atoms with E-state index in [-0.39, 0.29) is 24.4 Å². The van der Waals surface area contributed by atoms with Crippen molar-refractivity contribution in [3.8, 4) is 0 Å². The summed E-state index contributed by atoms with van der Waals surface area (Å²) < 4.78 is 35.1. The number of hydrogen-bond donors (Lipinski definition) is 0. The molecule has 3 aliphatic heterocycles. The highest BCUT2D eigenvalue weighted by atomic mass is 16.8. The molecule has 6 nitrogen and oxygen atoms in total. The lowest BCUT2D eigenvalue weighted by atomic mass is 10.1. The van der Waals surface area contributed by atoms with Gasteiger partial charge < -0.3 is 28.4 Å². The van der Waals surface area contributed by atoms with Crippen LogP contribution in [0.5, 0.6) is 0 Å². The van der Waals surface area contributed by atoms with Crippen molar-refractivity contribution in [2.24, 2.45) is 0 Å². The normalized spacial score (nSPS) is 43.9. The molecule has 0 radical (unpaired) electrons. The van der Waals surface area contributed by atoms with E-state index in [2.05, 4.69) is 6.58 Å². The van der Waals surface area contributed by atoms with Gasteiger partial charge in [-0.3, -0.25) is 0 Å². The molecule has 0 aliphatic carbocycles. The van der Waals surface area contributed by atoms with Gasteiger partial charge in [-0.15, -0.1) is 6.58 Å². The third-order valence-corrected chi connectivity index (χ3v) is 3.82. The van der Waals surface area contributed by atoms with Crippen molar-refractivity contribution in [3.63, 3.8) is 0 Å². The SMILES string of the molecule is C=CCO[C@H]1O[C@H]([C@H]2COC(C)(C)O2)[C@@H]2OC(C)(C)O[C@H]12. The van der Waals surface area contributed by atoms with E-state index in [1.54, 1.807) is 6.08 Å². The summed E-state index contributed by atoms with van der Waals surface area (Å²) in [6, 6.07) is 0. The van der Waals surface area contributed by atoms with E-state index < -0.39 is 17.9 Å². The van der Waals surface area contributed by atoms with Gasteiger partial charge in [0.05, 0.1) is 13.2 Å².